The van der Waals surface area contributed by atoms with E-state index in [1.807, 2.05) is 18.7 Å². The van der Waals surface area contributed by atoms with Gasteiger partial charge >= 0.3 is 0 Å². The van der Waals surface area contributed by atoms with Crippen LogP contribution >= 0.6 is 0 Å². The molecule has 1 aliphatic heterocycles. The number of rotatable bonds is 3. The van der Waals surface area contributed by atoms with Crippen molar-refractivity contribution in [3.63, 3.8) is 0 Å². The number of oxazole rings is 1. The smallest absolute Gasteiger partial charge is 0.205 e. The van der Waals surface area contributed by atoms with Crippen LogP contribution in [0.5, 0.6) is 0 Å². The Bertz CT molecular complexity index is 941. The summed E-state index contributed by atoms with van der Waals surface area (Å²) in [5.74, 6) is -0.0567. The van der Waals surface area contributed by atoms with Crippen LogP contribution in [0.3, 0.4) is 0 Å². The number of aryl methyl sites for hydroxylation is 1. The number of ether oxygens (including phenoxy) is 1. The van der Waals surface area contributed by atoms with E-state index in [0.717, 1.165) is 0 Å². The largest absolute Gasteiger partial charge is 0.449 e. The molecule has 0 spiro atoms. The van der Waals surface area contributed by atoms with Gasteiger partial charge in [-0.25, -0.2) is 9.37 Å². The zero-order chi connectivity index (χ0) is 18.4. The third-order valence-corrected chi connectivity index (χ3v) is 4.53. The molecule has 138 valence electrons. The summed E-state index contributed by atoms with van der Waals surface area (Å²) >= 11 is 0. The van der Waals surface area contributed by atoms with Crippen molar-refractivity contribution in [1.82, 2.24) is 10.1 Å². The van der Waals surface area contributed by atoms with Crippen molar-refractivity contribution in [2.75, 3.05) is 18.0 Å². The van der Waals surface area contributed by atoms with E-state index in [0.29, 0.717) is 47.0 Å². The summed E-state index contributed by atoms with van der Waals surface area (Å²) in [4.78, 5) is 6.11. The summed E-state index contributed by atoms with van der Waals surface area (Å²) in [6, 6.07) is 1.70. The van der Waals surface area contributed by atoms with Gasteiger partial charge in [-0.1, -0.05) is 5.16 Å². The average molecular weight is 361 g/mol. The van der Waals surface area contributed by atoms with E-state index < -0.39 is 5.82 Å². The molecule has 1 saturated heterocycles. The maximum absolute atomic E-state index is 15.3. The number of anilines is 1. The fraction of sp³-hybridized carbons (Fsp3) is 0.444. The van der Waals surface area contributed by atoms with E-state index in [2.05, 4.69) is 10.1 Å². The Morgan fingerprint density at radius 3 is 2.65 bits per heavy atom. The first-order valence-electron chi connectivity index (χ1n) is 8.52. The number of aliphatic hydroxyl groups is 1. The Labute approximate surface area is 149 Å². The third-order valence-electron chi connectivity index (χ3n) is 4.53. The van der Waals surface area contributed by atoms with Crippen molar-refractivity contribution >= 4 is 16.7 Å². The van der Waals surface area contributed by atoms with E-state index in [-0.39, 0.29) is 24.4 Å². The number of aliphatic hydroxyl groups excluding tert-OH is 1. The second-order valence-electron chi connectivity index (χ2n) is 6.68. The number of hydrogen-bond donors (Lipinski definition) is 1. The number of hydrogen-bond acceptors (Lipinski definition) is 7. The van der Waals surface area contributed by atoms with Gasteiger partial charge in [0.25, 0.3) is 0 Å². The molecule has 0 saturated carbocycles. The monoisotopic (exact) mass is 361 g/mol. The molecule has 0 aliphatic carbocycles. The van der Waals surface area contributed by atoms with Crippen LogP contribution in [0.15, 0.2) is 21.3 Å². The van der Waals surface area contributed by atoms with Crippen molar-refractivity contribution in [2.24, 2.45) is 0 Å². The van der Waals surface area contributed by atoms with Crippen molar-refractivity contribution < 1.29 is 23.2 Å². The lowest BCUT2D eigenvalue weighted by molar-refractivity contribution is -0.00549. The highest BCUT2D eigenvalue weighted by atomic mass is 19.1. The van der Waals surface area contributed by atoms with Crippen LogP contribution in [0.1, 0.15) is 25.3 Å². The number of morpholine rings is 1. The molecule has 0 radical (unpaired) electrons. The molecule has 7 nitrogen and oxygen atoms in total. The number of halogens is 1. The van der Waals surface area contributed by atoms with Gasteiger partial charge in [-0.3, -0.25) is 0 Å². The van der Waals surface area contributed by atoms with Crippen LogP contribution in [0, 0.1) is 12.7 Å². The van der Waals surface area contributed by atoms with Gasteiger partial charge in [-0.2, -0.15) is 0 Å². The Kier molecular flexibility index (Phi) is 4.16. The maximum Gasteiger partial charge on any atom is 0.205 e. The van der Waals surface area contributed by atoms with Gasteiger partial charge < -0.3 is 23.7 Å². The van der Waals surface area contributed by atoms with Crippen molar-refractivity contribution in [3.8, 4) is 11.4 Å². The zero-order valence-electron chi connectivity index (χ0n) is 14.8. The summed E-state index contributed by atoms with van der Waals surface area (Å²) in [7, 11) is 0. The molecule has 1 aliphatic rings. The molecule has 26 heavy (non-hydrogen) atoms. The standard InChI is InChI=1S/C18H20FN3O4/c1-9-5-22(6-10(2)25-9)17-12(7-23)4-13-16(14-8-24-11(3)20-14)21-26-18(13)15(17)19/h4,8-10,23H,5-7H2,1-3H3. The summed E-state index contributed by atoms with van der Waals surface area (Å²) in [5.41, 5.74) is 1.70. The average Bonchev–Trinajstić information content (AvgIpc) is 3.19. The predicted octanol–water partition coefficient (Wildman–Crippen LogP) is 3.04. The maximum atomic E-state index is 15.3. The van der Waals surface area contributed by atoms with Gasteiger partial charge in [0.15, 0.2) is 11.7 Å². The Morgan fingerprint density at radius 2 is 2.04 bits per heavy atom. The molecule has 3 aromatic rings. The molecule has 1 aromatic carbocycles. The van der Waals surface area contributed by atoms with Crippen LogP contribution in [0.25, 0.3) is 22.4 Å². The van der Waals surface area contributed by atoms with Gasteiger partial charge in [0.1, 0.15) is 17.7 Å². The first kappa shape index (κ1) is 17.0. The molecular formula is C18H20FN3O4. The lowest BCUT2D eigenvalue weighted by Gasteiger charge is -2.37. The van der Waals surface area contributed by atoms with Crippen LogP contribution in [0.2, 0.25) is 0 Å². The number of nitrogens with zero attached hydrogens (tertiary/aromatic N) is 3. The second kappa shape index (κ2) is 6.37. The minimum Gasteiger partial charge on any atom is -0.449 e. The molecule has 3 heterocycles. The summed E-state index contributed by atoms with van der Waals surface area (Å²) in [5, 5.41) is 14.3. The van der Waals surface area contributed by atoms with Crippen LogP contribution in [-0.2, 0) is 11.3 Å². The number of benzene rings is 1. The van der Waals surface area contributed by atoms with Crippen molar-refractivity contribution in [1.29, 1.82) is 0 Å². The molecule has 2 unspecified atom stereocenters. The number of aromatic nitrogens is 2. The fourth-order valence-electron chi connectivity index (χ4n) is 3.56. The Hall–Kier alpha value is -2.45. The first-order valence-corrected chi connectivity index (χ1v) is 8.52. The van der Waals surface area contributed by atoms with Crippen LogP contribution in [0.4, 0.5) is 10.1 Å². The SMILES string of the molecule is Cc1nc(-c2noc3c(F)c(N4CC(C)OC(C)C4)c(CO)cc23)co1. The Balaban J connectivity index is 1.86. The highest BCUT2D eigenvalue weighted by Gasteiger charge is 2.29. The highest BCUT2D eigenvalue weighted by Crippen LogP contribution is 2.37. The lowest BCUT2D eigenvalue weighted by atomic mass is 10.0. The molecule has 1 fully saturated rings. The summed E-state index contributed by atoms with van der Waals surface area (Å²) in [6.07, 6.45) is 1.37. The van der Waals surface area contributed by atoms with E-state index >= 15 is 4.39 Å². The Morgan fingerprint density at radius 1 is 1.31 bits per heavy atom. The summed E-state index contributed by atoms with van der Waals surface area (Å²) < 4.78 is 31.5. The minimum absolute atomic E-state index is 0.0382. The third kappa shape index (κ3) is 2.75. The fourth-order valence-corrected chi connectivity index (χ4v) is 3.56. The molecule has 0 bridgehead atoms. The van der Waals surface area contributed by atoms with Crippen molar-refractivity contribution in [2.45, 2.75) is 39.6 Å². The zero-order valence-corrected chi connectivity index (χ0v) is 14.8. The van der Waals surface area contributed by atoms with Crippen LogP contribution in [-0.4, -0.2) is 40.5 Å². The second-order valence-corrected chi connectivity index (χ2v) is 6.68. The van der Waals surface area contributed by atoms with Gasteiger partial charge in [0.05, 0.1) is 29.9 Å². The molecule has 1 N–H and O–H groups in total. The van der Waals surface area contributed by atoms with Crippen molar-refractivity contribution in [3.05, 3.63) is 29.6 Å². The van der Waals surface area contributed by atoms with Gasteiger partial charge in [0, 0.05) is 25.6 Å². The molecule has 2 atom stereocenters. The molecular weight excluding hydrogens is 341 g/mol. The highest BCUT2D eigenvalue weighted by molar-refractivity contribution is 5.94. The number of fused-ring (bicyclic) bond motifs is 1. The van der Waals surface area contributed by atoms with Gasteiger partial charge in [-0.15, -0.1) is 0 Å². The quantitative estimate of drug-likeness (QED) is 0.767. The van der Waals surface area contributed by atoms with Gasteiger partial charge in [0.2, 0.25) is 5.58 Å². The lowest BCUT2D eigenvalue weighted by Crippen LogP contribution is -2.46. The van der Waals surface area contributed by atoms with E-state index in [1.165, 1.54) is 6.26 Å². The molecule has 2 aromatic heterocycles. The van der Waals surface area contributed by atoms with E-state index in [4.69, 9.17) is 13.7 Å². The normalized spacial score (nSPS) is 20.9. The molecule has 8 heteroatoms. The first-order chi connectivity index (χ1) is 12.5. The summed E-state index contributed by atoms with van der Waals surface area (Å²) in [6.45, 7) is 6.36. The van der Waals surface area contributed by atoms with Crippen LogP contribution < -0.4 is 4.90 Å². The molecule has 0 amide bonds. The predicted molar refractivity (Wildman–Crippen MR) is 92.3 cm³/mol. The van der Waals surface area contributed by atoms with E-state index in [1.54, 1.807) is 13.0 Å². The minimum atomic E-state index is -0.535. The van der Waals surface area contributed by atoms with Gasteiger partial charge in [-0.05, 0) is 19.9 Å². The van der Waals surface area contributed by atoms with E-state index in [9.17, 15) is 5.11 Å². The molecule has 4 rings (SSSR count). The topological polar surface area (TPSA) is 84.8 Å².